The smallest absolute Gasteiger partial charge is 0.326 e. The van der Waals surface area contributed by atoms with Crippen LogP contribution in [-0.2, 0) is 16.0 Å². The summed E-state index contributed by atoms with van der Waals surface area (Å²) in [7, 11) is 0. The molecule has 128 valence electrons. The number of hydrogen-bond donors (Lipinski definition) is 2. The van der Waals surface area contributed by atoms with Gasteiger partial charge in [0.2, 0.25) is 5.91 Å². The zero-order valence-electron chi connectivity index (χ0n) is 13.9. The van der Waals surface area contributed by atoms with Gasteiger partial charge in [0, 0.05) is 18.4 Å². The molecule has 0 aliphatic heterocycles. The Morgan fingerprint density at radius 3 is 2.58 bits per heavy atom. The van der Waals surface area contributed by atoms with Crippen LogP contribution in [-0.4, -0.2) is 28.0 Å². The van der Waals surface area contributed by atoms with Crippen molar-refractivity contribution < 1.29 is 19.1 Å². The largest absolute Gasteiger partial charge is 0.480 e. The van der Waals surface area contributed by atoms with Crippen LogP contribution in [0.25, 0.3) is 11.3 Å². The Hall–Kier alpha value is -2.63. The molecule has 1 heterocycles. The molecule has 6 nitrogen and oxygen atoms in total. The number of aromatic nitrogens is 1. The van der Waals surface area contributed by atoms with E-state index in [1.54, 1.807) is 20.0 Å². The lowest BCUT2D eigenvalue weighted by Gasteiger charge is -2.17. The number of hydrogen-bond acceptors (Lipinski definition) is 4. The summed E-state index contributed by atoms with van der Waals surface area (Å²) >= 11 is 0. The molecule has 0 radical (unpaired) electrons. The molecule has 0 unspecified atom stereocenters. The number of carboxylic acids is 1. The average Bonchev–Trinajstić information content (AvgIpc) is 3.02. The second-order valence-electron chi connectivity index (χ2n) is 5.97. The van der Waals surface area contributed by atoms with E-state index in [4.69, 9.17) is 9.52 Å². The van der Waals surface area contributed by atoms with Crippen LogP contribution >= 0.6 is 0 Å². The van der Waals surface area contributed by atoms with E-state index in [0.717, 1.165) is 5.56 Å². The summed E-state index contributed by atoms with van der Waals surface area (Å²) in [6, 6.07) is 8.81. The Morgan fingerprint density at radius 2 is 1.96 bits per heavy atom. The first kappa shape index (κ1) is 17.7. The number of rotatable bonds is 8. The highest BCUT2D eigenvalue weighted by Gasteiger charge is 2.23. The van der Waals surface area contributed by atoms with E-state index in [1.807, 2.05) is 30.3 Å². The first-order chi connectivity index (χ1) is 11.5. The van der Waals surface area contributed by atoms with Gasteiger partial charge in [-0.3, -0.25) is 4.79 Å². The molecule has 24 heavy (non-hydrogen) atoms. The Kier molecular flexibility index (Phi) is 6.12. The molecular formula is C18H22N2O4. The Bertz CT molecular complexity index is 679. The number of nitrogens with one attached hydrogen (secondary N) is 1. The SMILES string of the molecule is CC(C)[C@H](NC(=O)CCCc1ncc(-c2ccccc2)o1)C(=O)O. The fourth-order valence-corrected chi connectivity index (χ4v) is 2.32. The number of carbonyl (C=O) groups excluding carboxylic acids is 1. The van der Waals surface area contributed by atoms with Gasteiger partial charge >= 0.3 is 5.97 Å². The van der Waals surface area contributed by atoms with E-state index >= 15 is 0 Å². The van der Waals surface area contributed by atoms with Gasteiger partial charge in [0.1, 0.15) is 6.04 Å². The van der Waals surface area contributed by atoms with Gasteiger partial charge in [-0.25, -0.2) is 9.78 Å². The Balaban J connectivity index is 1.81. The molecule has 6 heteroatoms. The van der Waals surface area contributed by atoms with Gasteiger partial charge in [0.15, 0.2) is 11.7 Å². The molecule has 0 aliphatic carbocycles. The predicted molar refractivity (Wildman–Crippen MR) is 89.3 cm³/mol. The lowest BCUT2D eigenvalue weighted by molar-refractivity contribution is -0.143. The summed E-state index contributed by atoms with van der Waals surface area (Å²) in [6.07, 6.45) is 2.98. The first-order valence-corrected chi connectivity index (χ1v) is 7.99. The maximum absolute atomic E-state index is 11.9. The lowest BCUT2D eigenvalue weighted by atomic mass is 10.0. The van der Waals surface area contributed by atoms with Crippen molar-refractivity contribution in [2.45, 2.75) is 39.2 Å². The number of oxazole rings is 1. The van der Waals surface area contributed by atoms with Crippen LogP contribution < -0.4 is 5.32 Å². The third kappa shape index (κ3) is 4.94. The molecule has 2 aromatic rings. The Morgan fingerprint density at radius 1 is 1.25 bits per heavy atom. The summed E-state index contributed by atoms with van der Waals surface area (Å²) in [5.74, 6) is -0.183. The van der Waals surface area contributed by atoms with E-state index in [2.05, 4.69) is 10.3 Å². The minimum absolute atomic E-state index is 0.161. The number of nitrogens with zero attached hydrogens (tertiary/aromatic N) is 1. The molecule has 0 aliphatic rings. The average molecular weight is 330 g/mol. The van der Waals surface area contributed by atoms with E-state index in [-0.39, 0.29) is 18.2 Å². The molecule has 1 aromatic carbocycles. The van der Waals surface area contributed by atoms with Gasteiger partial charge in [0.25, 0.3) is 0 Å². The van der Waals surface area contributed by atoms with E-state index in [9.17, 15) is 9.59 Å². The van der Waals surface area contributed by atoms with Crippen molar-refractivity contribution in [2.75, 3.05) is 0 Å². The van der Waals surface area contributed by atoms with Gasteiger partial charge in [-0.2, -0.15) is 0 Å². The summed E-state index contributed by atoms with van der Waals surface area (Å²) in [5, 5.41) is 11.6. The second-order valence-corrected chi connectivity index (χ2v) is 5.97. The molecule has 1 amide bonds. The number of amides is 1. The summed E-state index contributed by atoms with van der Waals surface area (Å²) < 4.78 is 5.67. The number of aliphatic carboxylic acids is 1. The van der Waals surface area contributed by atoms with Crippen LogP contribution in [0, 0.1) is 5.92 Å². The lowest BCUT2D eigenvalue weighted by Crippen LogP contribution is -2.44. The third-order valence-electron chi connectivity index (χ3n) is 3.66. The van der Waals surface area contributed by atoms with Crippen molar-refractivity contribution in [1.29, 1.82) is 0 Å². The van der Waals surface area contributed by atoms with Crippen LogP contribution in [0.2, 0.25) is 0 Å². The normalized spacial score (nSPS) is 12.1. The number of carbonyl (C=O) groups is 2. The zero-order valence-corrected chi connectivity index (χ0v) is 13.9. The van der Waals surface area contributed by atoms with Crippen molar-refractivity contribution in [3.63, 3.8) is 0 Å². The third-order valence-corrected chi connectivity index (χ3v) is 3.66. The van der Waals surface area contributed by atoms with E-state index in [0.29, 0.717) is 24.5 Å². The van der Waals surface area contributed by atoms with Gasteiger partial charge < -0.3 is 14.8 Å². The van der Waals surface area contributed by atoms with Crippen molar-refractivity contribution in [2.24, 2.45) is 5.92 Å². The molecule has 0 spiro atoms. The van der Waals surface area contributed by atoms with Crippen LogP contribution in [0.15, 0.2) is 40.9 Å². The first-order valence-electron chi connectivity index (χ1n) is 7.99. The summed E-state index contributed by atoms with van der Waals surface area (Å²) in [5.41, 5.74) is 0.954. The van der Waals surface area contributed by atoms with Crippen molar-refractivity contribution in [3.8, 4) is 11.3 Å². The number of benzene rings is 1. The van der Waals surface area contributed by atoms with Crippen LogP contribution in [0.5, 0.6) is 0 Å². The highest BCUT2D eigenvalue weighted by molar-refractivity contribution is 5.83. The fourth-order valence-electron chi connectivity index (χ4n) is 2.32. The summed E-state index contributed by atoms with van der Waals surface area (Å²) in [4.78, 5) is 27.1. The van der Waals surface area contributed by atoms with Gasteiger partial charge in [0.05, 0.1) is 6.20 Å². The number of aryl methyl sites for hydroxylation is 1. The Labute approximate surface area is 140 Å². The van der Waals surface area contributed by atoms with Crippen LogP contribution in [0.1, 0.15) is 32.6 Å². The molecule has 2 N–H and O–H groups in total. The fraction of sp³-hybridized carbons (Fsp3) is 0.389. The molecule has 0 bridgehead atoms. The minimum Gasteiger partial charge on any atom is -0.480 e. The molecule has 1 atom stereocenters. The van der Waals surface area contributed by atoms with Gasteiger partial charge in [-0.15, -0.1) is 0 Å². The van der Waals surface area contributed by atoms with E-state index in [1.165, 1.54) is 0 Å². The standard InChI is InChI=1S/C18H22N2O4/c1-12(2)17(18(22)23)20-15(21)9-6-10-16-19-11-14(24-16)13-7-4-3-5-8-13/h3-5,7-8,11-12,17H,6,9-10H2,1-2H3,(H,20,21)(H,22,23)/t17-/m0/s1. The highest BCUT2D eigenvalue weighted by Crippen LogP contribution is 2.20. The molecule has 1 aromatic heterocycles. The topological polar surface area (TPSA) is 92.4 Å². The molecule has 2 rings (SSSR count). The zero-order chi connectivity index (χ0) is 17.5. The second kappa shape index (κ2) is 8.29. The van der Waals surface area contributed by atoms with Crippen LogP contribution in [0.3, 0.4) is 0 Å². The van der Waals surface area contributed by atoms with Gasteiger partial charge in [-0.1, -0.05) is 44.2 Å². The van der Waals surface area contributed by atoms with Crippen molar-refractivity contribution in [1.82, 2.24) is 10.3 Å². The predicted octanol–water partition coefficient (Wildman–Crippen LogP) is 2.89. The van der Waals surface area contributed by atoms with E-state index < -0.39 is 12.0 Å². The highest BCUT2D eigenvalue weighted by atomic mass is 16.4. The quantitative estimate of drug-likeness (QED) is 0.776. The van der Waals surface area contributed by atoms with Crippen molar-refractivity contribution in [3.05, 3.63) is 42.4 Å². The maximum Gasteiger partial charge on any atom is 0.326 e. The molecule has 0 fully saturated rings. The molecule has 0 saturated carbocycles. The van der Waals surface area contributed by atoms with Gasteiger partial charge in [-0.05, 0) is 12.3 Å². The monoisotopic (exact) mass is 330 g/mol. The molecular weight excluding hydrogens is 308 g/mol. The van der Waals surface area contributed by atoms with Crippen LogP contribution in [0.4, 0.5) is 0 Å². The minimum atomic E-state index is -1.02. The maximum atomic E-state index is 11.9. The molecule has 0 saturated heterocycles. The summed E-state index contributed by atoms with van der Waals surface area (Å²) in [6.45, 7) is 3.52. The number of carboxylic acid groups (broad SMARTS) is 1. The van der Waals surface area contributed by atoms with Crippen molar-refractivity contribution >= 4 is 11.9 Å².